The molecule has 0 aromatic carbocycles. The van der Waals surface area contributed by atoms with Crippen LogP contribution in [0.5, 0.6) is 0 Å². The molecule has 1 saturated heterocycles. The molecular weight excluding hydrogens is 188 g/mol. The van der Waals surface area contributed by atoms with E-state index < -0.39 is 0 Å². The van der Waals surface area contributed by atoms with Crippen LogP contribution in [-0.2, 0) is 9.53 Å². The maximum absolute atomic E-state index is 11.2. The Balaban J connectivity index is 2.34. The quantitative estimate of drug-likeness (QED) is 0.700. The van der Waals surface area contributed by atoms with Gasteiger partial charge >= 0.3 is 0 Å². The molecule has 0 bridgehead atoms. The Hall–Kier alpha value is -0.370. The van der Waals surface area contributed by atoms with Crippen molar-refractivity contribution in [1.82, 2.24) is 0 Å². The van der Waals surface area contributed by atoms with Crippen LogP contribution in [0.4, 0.5) is 0 Å². The average molecular weight is 212 g/mol. The van der Waals surface area contributed by atoms with Gasteiger partial charge in [0.15, 0.2) is 0 Å². The lowest BCUT2D eigenvalue weighted by Gasteiger charge is -2.23. The molecule has 0 spiro atoms. The predicted octanol–water partition coefficient (Wildman–Crippen LogP) is 3.05. The molecule has 4 unspecified atom stereocenters. The van der Waals surface area contributed by atoms with Crippen molar-refractivity contribution in [2.45, 2.75) is 53.1 Å². The molecule has 88 valence electrons. The number of rotatable bonds is 5. The molecule has 15 heavy (non-hydrogen) atoms. The zero-order chi connectivity index (χ0) is 11.4. The number of carbonyl (C=O) groups is 1. The highest BCUT2D eigenvalue weighted by molar-refractivity contribution is 5.77. The van der Waals surface area contributed by atoms with Crippen LogP contribution in [-0.4, -0.2) is 18.5 Å². The first-order valence-corrected chi connectivity index (χ1v) is 6.19. The molecule has 0 N–H and O–H groups in total. The Morgan fingerprint density at radius 3 is 2.60 bits per heavy atom. The fraction of sp³-hybridized carbons (Fsp3) is 0.923. The Labute approximate surface area is 93.4 Å². The highest BCUT2D eigenvalue weighted by Crippen LogP contribution is 2.32. The Bertz CT molecular complexity index is 213. The number of carbonyl (C=O) groups excluding carboxylic acids is 1. The molecule has 4 atom stereocenters. The molecular formula is C13H24O2. The average Bonchev–Trinajstić information content (AvgIpc) is 2.56. The smallest absolute Gasteiger partial charge is 0.132 e. The van der Waals surface area contributed by atoms with E-state index in [2.05, 4.69) is 20.8 Å². The minimum atomic E-state index is 0.365. The fourth-order valence-corrected chi connectivity index (χ4v) is 2.30. The van der Waals surface area contributed by atoms with Gasteiger partial charge in [-0.2, -0.15) is 0 Å². The lowest BCUT2D eigenvalue weighted by Crippen LogP contribution is -2.24. The summed E-state index contributed by atoms with van der Waals surface area (Å²) in [5, 5.41) is 0. The third-order valence-electron chi connectivity index (χ3n) is 3.80. The maximum atomic E-state index is 11.2. The van der Waals surface area contributed by atoms with Crippen molar-refractivity contribution in [2.24, 2.45) is 17.8 Å². The zero-order valence-electron chi connectivity index (χ0n) is 10.5. The second-order valence-electron chi connectivity index (χ2n) is 5.04. The first-order chi connectivity index (χ1) is 7.06. The van der Waals surface area contributed by atoms with E-state index in [-0.39, 0.29) is 0 Å². The number of hydrogen-bond donors (Lipinski definition) is 0. The van der Waals surface area contributed by atoms with E-state index in [1.54, 1.807) is 0 Å². The third-order valence-corrected chi connectivity index (χ3v) is 3.80. The van der Waals surface area contributed by atoms with Crippen molar-refractivity contribution in [3.8, 4) is 0 Å². The highest BCUT2D eigenvalue weighted by atomic mass is 16.5. The van der Waals surface area contributed by atoms with Crippen molar-refractivity contribution >= 4 is 5.78 Å². The van der Waals surface area contributed by atoms with E-state index in [1.807, 2.05) is 6.92 Å². The van der Waals surface area contributed by atoms with Gasteiger partial charge in [-0.1, -0.05) is 27.7 Å². The largest absolute Gasteiger partial charge is 0.377 e. The van der Waals surface area contributed by atoms with Crippen LogP contribution < -0.4 is 0 Å². The van der Waals surface area contributed by atoms with Gasteiger partial charge in [0.1, 0.15) is 5.78 Å². The van der Waals surface area contributed by atoms with Gasteiger partial charge in [-0.3, -0.25) is 4.79 Å². The molecule has 1 aliphatic heterocycles. The Morgan fingerprint density at radius 2 is 2.13 bits per heavy atom. The van der Waals surface area contributed by atoms with Gasteiger partial charge in [0.25, 0.3) is 0 Å². The van der Waals surface area contributed by atoms with Crippen molar-refractivity contribution in [3.05, 3.63) is 0 Å². The summed E-state index contributed by atoms with van der Waals surface area (Å²) >= 11 is 0. The standard InChI is InChI=1S/C13H24O2/c1-5-12(14)7-6-9(2)13-11(4)10(3)8-15-13/h9-11,13H,5-8H2,1-4H3. The van der Waals surface area contributed by atoms with E-state index in [4.69, 9.17) is 4.74 Å². The molecule has 1 fully saturated rings. The summed E-state index contributed by atoms with van der Waals surface area (Å²) in [6.45, 7) is 9.54. The van der Waals surface area contributed by atoms with Crippen LogP contribution in [0.1, 0.15) is 47.0 Å². The highest BCUT2D eigenvalue weighted by Gasteiger charge is 2.34. The summed E-state index contributed by atoms with van der Waals surface area (Å²) < 4.78 is 5.79. The van der Waals surface area contributed by atoms with E-state index in [0.717, 1.165) is 19.4 Å². The van der Waals surface area contributed by atoms with E-state index in [0.29, 0.717) is 36.1 Å². The summed E-state index contributed by atoms with van der Waals surface area (Å²) in [6, 6.07) is 0. The van der Waals surface area contributed by atoms with Gasteiger partial charge in [-0.25, -0.2) is 0 Å². The van der Waals surface area contributed by atoms with Crippen molar-refractivity contribution < 1.29 is 9.53 Å². The summed E-state index contributed by atoms with van der Waals surface area (Å²) in [5.74, 6) is 2.19. The van der Waals surface area contributed by atoms with Gasteiger partial charge in [0, 0.05) is 19.4 Å². The van der Waals surface area contributed by atoms with Gasteiger partial charge in [0.05, 0.1) is 6.10 Å². The first kappa shape index (κ1) is 12.7. The van der Waals surface area contributed by atoms with Crippen molar-refractivity contribution in [1.29, 1.82) is 0 Å². The Morgan fingerprint density at radius 1 is 1.47 bits per heavy atom. The molecule has 2 nitrogen and oxygen atoms in total. The predicted molar refractivity (Wildman–Crippen MR) is 61.8 cm³/mol. The fourth-order valence-electron chi connectivity index (χ4n) is 2.30. The monoisotopic (exact) mass is 212 g/mol. The van der Waals surface area contributed by atoms with Gasteiger partial charge in [-0.05, 0) is 24.2 Å². The molecule has 0 aliphatic carbocycles. The molecule has 1 heterocycles. The second-order valence-corrected chi connectivity index (χ2v) is 5.04. The van der Waals surface area contributed by atoms with Gasteiger partial charge in [-0.15, -0.1) is 0 Å². The normalized spacial score (nSPS) is 32.9. The molecule has 0 amide bonds. The van der Waals surface area contributed by atoms with Crippen molar-refractivity contribution in [3.63, 3.8) is 0 Å². The lowest BCUT2D eigenvalue weighted by molar-refractivity contribution is -0.119. The summed E-state index contributed by atoms with van der Waals surface area (Å²) in [4.78, 5) is 11.2. The van der Waals surface area contributed by atoms with E-state index in [9.17, 15) is 4.79 Å². The van der Waals surface area contributed by atoms with Crippen LogP contribution in [0.25, 0.3) is 0 Å². The summed E-state index contributed by atoms with van der Waals surface area (Å²) in [5.41, 5.74) is 0. The van der Waals surface area contributed by atoms with E-state index >= 15 is 0 Å². The molecule has 0 radical (unpaired) electrons. The zero-order valence-corrected chi connectivity index (χ0v) is 10.5. The van der Waals surface area contributed by atoms with Crippen LogP contribution in [0.15, 0.2) is 0 Å². The number of Topliss-reactive ketones (excluding diaryl/α,β-unsaturated/α-hetero) is 1. The van der Waals surface area contributed by atoms with Crippen molar-refractivity contribution in [2.75, 3.05) is 6.61 Å². The first-order valence-electron chi connectivity index (χ1n) is 6.19. The Kier molecular flexibility index (Phi) is 4.78. The summed E-state index contributed by atoms with van der Waals surface area (Å²) in [6.07, 6.45) is 2.74. The SMILES string of the molecule is CCC(=O)CCC(C)C1OCC(C)C1C. The van der Waals surface area contributed by atoms with Crippen LogP contribution >= 0.6 is 0 Å². The molecule has 1 rings (SSSR count). The number of hydrogen-bond acceptors (Lipinski definition) is 2. The molecule has 0 aromatic rings. The number of ether oxygens (including phenoxy) is 1. The van der Waals surface area contributed by atoms with Crippen LogP contribution in [0, 0.1) is 17.8 Å². The van der Waals surface area contributed by atoms with E-state index in [1.165, 1.54) is 0 Å². The minimum Gasteiger partial charge on any atom is -0.377 e. The molecule has 0 saturated carbocycles. The van der Waals surface area contributed by atoms with Crippen LogP contribution in [0.3, 0.4) is 0 Å². The minimum absolute atomic E-state index is 0.365. The van der Waals surface area contributed by atoms with Gasteiger partial charge in [0.2, 0.25) is 0 Å². The second kappa shape index (κ2) is 5.64. The molecule has 2 heteroatoms. The topological polar surface area (TPSA) is 26.3 Å². The molecule has 1 aliphatic rings. The van der Waals surface area contributed by atoms with Crippen LogP contribution in [0.2, 0.25) is 0 Å². The summed E-state index contributed by atoms with van der Waals surface area (Å²) in [7, 11) is 0. The molecule has 0 aromatic heterocycles. The third kappa shape index (κ3) is 3.30. The lowest BCUT2D eigenvalue weighted by atomic mass is 9.85. The number of ketones is 1. The van der Waals surface area contributed by atoms with Gasteiger partial charge < -0.3 is 4.74 Å². The maximum Gasteiger partial charge on any atom is 0.132 e.